The molecule has 84 valence electrons. The number of thiazole rings is 1. The molecule has 0 bridgehead atoms. The highest BCUT2D eigenvalue weighted by Crippen LogP contribution is 2.05. The van der Waals surface area contributed by atoms with Crippen LogP contribution in [0.1, 0.15) is 21.1 Å². The highest BCUT2D eigenvalue weighted by Gasteiger charge is 2.00. The number of amides is 1. The Kier molecular flexibility index (Phi) is 3.53. The molecule has 4 heteroatoms. The second-order valence-corrected chi connectivity index (χ2v) is 4.38. The van der Waals surface area contributed by atoms with Crippen LogP contribution >= 0.6 is 11.3 Å². The summed E-state index contributed by atoms with van der Waals surface area (Å²) in [6.45, 7) is 1.92. The number of hydrogen-bond acceptors (Lipinski definition) is 3. The lowest BCUT2D eigenvalue weighted by atomic mass is 10.2. The highest BCUT2D eigenvalue weighted by atomic mass is 32.1. The molecule has 0 spiro atoms. The summed E-state index contributed by atoms with van der Waals surface area (Å²) in [7, 11) is 0. The van der Waals surface area contributed by atoms with E-state index in [0.717, 1.165) is 5.01 Å². The van der Waals surface area contributed by atoms with Crippen molar-refractivity contribution in [2.75, 3.05) is 0 Å². The van der Waals surface area contributed by atoms with Crippen molar-refractivity contribution in [3.63, 3.8) is 0 Å². The SMILES string of the molecule is Cc1nc(C#CNC(=O)c2ccccc2)cs1. The maximum Gasteiger partial charge on any atom is 0.262 e. The van der Waals surface area contributed by atoms with E-state index < -0.39 is 0 Å². The first-order chi connectivity index (χ1) is 8.25. The van der Waals surface area contributed by atoms with Gasteiger partial charge in [0, 0.05) is 17.0 Å². The molecule has 3 nitrogen and oxygen atoms in total. The van der Waals surface area contributed by atoms with Crippen LogP contribution in [0.4, 0.5) is 0 Å². The van der Waals surface area contributed by atoms with Gasteiger partial charge in [-0.15, -0.1) is 11.3 Å². The van der Waals surface area contributed by atoms with Crippen molar-refractivity contribution in [3.8, 4) is 12.0 Å². The molecule has 0 aliphatic rings. The molecule has 17 heavy (non-hydrogen) atoms. The summed E-state index contributed by atoms with van der Waals surface area (Å²) in [5, 5.41) is 5.34. The lowest BCUT2D eigenvalue weighted by molar-refractivity contribution is 0.0973. The monoisotopic (exact) mass is 242 g/mol. The Balaban J connectivity index is 2.00. The Bertz CT molecular complexity index is 578. The molecule has 0 aliphatic heterocycles. The van der Waals surface area contributed by atoms with E-state index in [-0.39, 0.29) is 5.91 Å². The molecule has 1 heterocycles. The number of aromatic nitrogens is 1. The van der Waals surface area contributed by atoms with Crippen LogP contribution in [-0.4, -0.2) is 10.9 Å². The summed E-state index contributed by atoms with van der Waals surface area (Å²) in [4.78, 5) is 15.8. The van der Waals surface area contributed by atoms with Gasteiger partial charge in [-0.25, -0.2) is 4.98 Å². The predicted molar refractivity (Wildman–Crippen MR) is 67.6 cm³/mol. The van der Waals surface area contributed by atoms with Crippen molar-refractivity contribution in [1.29, 1.82) is 0 Å². The summed E-state index contributed by atoms with van der Waals surface area (Å²) < 4.78 is 0. The summed E-state index contributed by atoms with van der Waals surface area (Å²) in [5.41, 5.74) is 1.28. The number of nitrogens with zero attached hydrogens (tertiary/aromatic N) is 1. The van der Waals surface area contributed by atoms with Crippen molar-refractivity contribution in [3.05, 3.63) is 52.0 Å². The molecule has 0 saturated carbocycles. The Labute approximate surface area is 104 Å². The molecule has 0 radical (unpaired) electrons. The molecule has 0 unspecified atom stereocenters. The van der Waals surface area contributed by atoms with Crippen molar-refractivity contribution >= 4 is 17.2 Å². The second-order valence-electron chi connectivity index (χ2n) is 3.32. The number of nitrogens with one attached hydrogen (secondary N) is 1. The van der Waals surface area contributed by atoms with Crippen LogP contribution in [0.25, 0.3) is 0 Å². The molecule has 1 aromatic carbocycles. The van der Waals surface area contributed by atoms with Crippen LogP contribution in [0.15, 0.2) is 35.7 Å². The van der Waals surface area contributed by atoms with E-state index >= 15 is 0 Å². The molecule has 2 aromatic rings. The van der Waals surface area contributed by atoms with E-state index in [0.29, 0.717) is 11.3 Å². The Hall–Kier alpha value is -2.12. The van der Waals surface area contributed by atoms with Crippen molar-refractivity contribution in [1.82, 2.24) is 10.3 Å². The third-order valence-corrected chi connectivity index (χ3v) is 2.80. The van der Waals surface area contributed by atoms with E-state index in [1.54, 1.807) is 12.1 Å². The van der Waals surface area contributed by atoms with Crippen molar-refractivity contribution < 1.29 is 4.79 Å². The number of carbonyl (C=O) groups excluding carboxylic acids is 1. The fourth-order valence-electron chi connectivity index (χ4n) is 1.23. The Morgan fingerprint density at radius 3 is 2.76 bits per heavy atom. The molecule has 1 aromatic heterocycles. The van der Waals surface area contributed by atoms with E-state index in [9.17, 15) is 4.79 Å². The molecular weight excluding hydrogens is 232 g/mol. The van der Waals surface area contributed by atoms with E-state index in [4.69, 9.17) is 0 Å². The number of carbonyl (C=O) groups is 1. The van der Waals surface area contributed by atoms with Crippen LogP contribution in [0.5, 0.6) is 0 Å². The summed E-state index contributed by atoms with van der Waals surface area (Å²) >= 11 is 1.53. The third kappa shape index (κ3) is 3.16. The van der Waals surface area contributed by atoms with Crippen LogP contribution in [-0.2, 0) is 0 Å². The van der Waals surface area contributed by atoms with Crippen LogP contribution < -0.4 is 5.32 Å². The largest absolute Gasteiger partial charge is 0.281 e. The van der Waals surface area contributed by atoms with Gasteiger partial charge in [-0.05, 0) is 25.0 Å². The molecule has 0 aliphatic carbocycles. The van der Waals surface area contributed by atoms with Crippen LogP contribution in [0.2, 0.25) is 0 Å². The lowest BCUT2D eigenvalue weighted by Gasteiger charge is -1.95. The van der Waals surface area contributed by atoms with E-state index in [2.05, 4.69) is 22.3 Å². The highest BCUT2D eigenvalue weighted by molar-refractivity contribution is 7.09. The average Bonchev–Trinajstić information content (AvgIpc) is 2.76. The summed E-state index contributed by atoms with van der Waals surface area (Å²) in [5.74, 6) is 2.58. The van der Waals surface area contributed by atoms with Gasteiger partial charge in [0.2, 0.25) is 0 Å². The van der Waals surface area contributed by atoms with E-state index in [1.807, 2.05) is 30.5 Å². The van der Waals surface area contributed by atoms with Crippen molar-refractivity contribution in [2.24, 2.45) is 0 Å². The lowest BCUT2D eigenvalue weighted by Crippen LogP contribution is -2.17. The van der Waals surface area contributed by atoms with Gasteiger partial charge in [-0.1, -0.05) is 18.2 Å². The van der Waals surface area contributed by atoms with Crippen LogP contribution in [0, 0.1) is 18.9 Å². The minimum atomic E-state index is -0.204. The third-order valence-electron chi connectivity index (χ3n) is 2.02. The Morgan fingerprint density at radius 1 is 1.35 bits per heavy atom. The quantitative estimate of drug-likeness (QED) is 0.615. The number of hydrogen-bond donors (Lipinski definition) is 1. The first-order valence-electron chi connectivity index (χ1n) is 5.04. The van der Waals surface area contributed by atoms with Gasteiger partial charge in [0.1, 0.15) is 5.69 Å². The fraction of sp³-hybridized carbons (Fsp3) is 0.0769. The normalized spacial score (nSPS) is 9.24. The maximum atomic E-state index is 11.6. The number of rotatable bonds is 1. The molecule has 0 fully saturated rings. The maximum absolute atomic E-state index is 11.6. The standard InChI is InChI=1S/C13H10N2OS/c1-10-15-12(9-17-10)7-8-14-13(16)11-5-3-2-4-6-11/h2-6,9H,1H3,(H,14,16). The van der Waals surface area contributed by atoms with Gasteiger partial charge in [0.25, 0.3) is 5.91 Å². The van der Waals surface area contributed by atoms with Crippen LogP contribution in [0.3, 0.4) is 0 Å². The first-order valence-corrected chi connectivity index (χ1v) is 5.92. The zero-order valence-electron chi connectivity index (χ0n) is 9.23. The number of aryl methyl sites for hydroxylation is 1. The molecule has 1 amide bonds. The van der Waals surface area contributed by atoms with Gasteiger partial charge in [-0.3, -0.25) is 10.1 Å². The van der Waals surface area contributed by atoms with Gasteiger partial charge < -0.3 is 0 Å². The number of benzene rings is 1. The smallest absolute Gasteiger partial charge is 0.262 e. The fourth-order valence-corrected chi connectivity index (χ4v) is 1.78. The molecular formula is C13H10N2OS. The van der Waals surface area contributed by atoms with Crippen molar-refractivity contribution in [2.45, 2.75) is 6.92 Å². The van der Waals surface area contributed by atoms with E-state index in [1.165, 1.54) is 11.3 Å². The zero-order chi connectivity index (χ0) is 12.1. The first kappa shape index (κ1) is 11.4. The summed E-state index contributed by atoms with van der Waals surface area (Å²) in [6, 6.07) is 11.6. The topological polar surface area (TPSA) is 42.0 Å². The van der Waals surface area contributed by atoms with Gasteiger partial charge in [0.15, 0.2) is 0 Å². The molecule has 2 rings (SSSR count). The molecule has 0 atom stereocenters. The Morgan fingerprint density at radius 2 is 2.12 bits per heavy atom. The minimum absolute atomic E-state index is 0.204. The zero-order valence-corrected chi connectivity index (χ0v) is 10.0. The molecule has 0 saturated heterocycles. The predicted octanol–water partition coefficient (Wildman–Crippen LogP) is 2.19. The van der Waals surface area contributed by atoms with Gasteiger partial charge in [0.05, 0.1) is 5.01 Å². The average molecular weight is 242 g/mol. The molecule has 1 N–H and O–H groups in total. The van der Waals surface area contributed by atoms with Gasteiger partial charge in [-0.2, -0.15) is 0 Å². The van der Waals surface area contributed by atoms with Gasteiger partial charge >= 0.3 is 0 Å². The second kappa shape index (κ2) is 5.28. The minimum Gasteiger partial charge on any atom is -0.281 e. The summed E-state index contributed by atoms with van der Waals surface area (Å²) in [6.07, 6.45) is 0.